The van der Waals surface area contributed by atoms with Crippen LogP contribution in [0.25, 0.3) is 0 Å². The van der Waals surface area contributed by atoms with Crippen LogP contribution in [0.4, 0.5) is 0 Å². The predicted octanol–water partition coefficient (Wildman–Crippen LogP) is 0.0782. The SMILES string of the molecule is CCN(CCC(=O)O)C(=O)COC1CCNCC1. The molecule has 0 atom stereocenters. The topological polar surface area (TPSA) is 78.9 Å². The molecule has 1 aliphatic heterocycles. The van der Waals surface area contributed by atoms with Crippen molar-refractivity contribution in [2.24, 2.45) is 0 Å². The summed E-state index contributed by atoms with van der Waals surface area (Å²) in [5.74, 6) is -1.02. The van der Waals surface area contributed by atoms with Crippen molar-refractivity contribution in [3.8, 4) is 0 Å². The van der Waals surface area contributed by atoms with E-state index in [2.05, 4.69) is 5.32 Å². The van der Waals surface area contributed by atoms with E-state index in [0.717, 1.165) is 25.9 Å². The van der Waals surface area contributed by atoms with Crippen LogP contribution in [0.15, 0.2) is 0 Å². The minimum absolute atomic E-state index is 0.0209. The molecule has 104 valence electrons. The maximum atomic E-state index is 11.8. The lowest BCUT2D eigenvalue weighted by molar-refractivity contribution is -0.141. The third-order valence-electron chi connectivity index (χ3n) is 3.06. The molecule has 0 aliphatic carbocycles. The average Bonchev–Trinajstić information content (AvgIpc) is 2.38. The van der Waals surface area contributed by atoms with E-state index in [1.807, 2.05) is 6.92 Å². The molecular weight excluding hydrogens is 236 g/mol. The zero-order valence-corrected chi connectivity index (χ0v) is 10.9. The van der Waals surface area contributed by atoms with Gasteiger partial charge in [0.25, 0.3) is 0 Å². The molecular formula is C12H22N2O4. The fourth-order valence-corrected chi connectivity index (χ4v) is 1.93. The second-order valence-electron chi connectivity index (χ2n) is 4.38. The molecule has 0 aromatic heterocycles. The van der Waals surface area contributed by atoms with Crippen molar-refractivity contribution in [3.05, 3.63) is 0 Å². The molecule has 0 radical (unpaired) electrons. The molecule has 0 bridgehead atoms. The largest absolute Gasteiger partial charge is 0.481 e. The number of nitrogens with one attached hydrogen (secondary N) is 1. The Morgan fingerprint density at radius 1 is 1.39 bits per heavy atom. The lowest BCUT2D eigenvalue weighted by Crippen LogP contribution is -2.38. The van der Waals surface area contributed by atoms with Gasteiger partial charge < -0.3 is 20.1 Å². The number of carboxylic acids is 1. The summed E-state index contributed by atoms with van der Waals surface area (Å²) in [6.45, 7) is 4.51. The van der Waals surface area contributed by atoms with E-state index >= 15 is 0 Å². The van der Waals surface area contributed by atoms with Crippen LogP contribution < -0.4 is 5.32 Å². The lowest BCUT2D eigenvalue weighted by Gasteiger charge is -2.25. The number of carboxylic acid groups (broad SMARTS) is 1. The van der Waals surface area contributed by atoms with E-state index in [9.17, 15) is 9.59 Å². The summed E-state index contributed by atoms with van der Waals surface area (Å²) in [7, 11) is 0. The van der Waals surface area contributed by atoms with Crippen molar-refractivity contribution in [2.45, 2.75) is 32.3 Å². The summed E-state index contributed by atoms with van der Waals surface area (Å²) >= 11 is 0. The molecule has 1 heterocycles. The molecule has 1 rings (SSSR count). The van der Waals surface area contributed by atoms with Gasteiger partial charge in [-0.25, -0.2) is 0 Å². The Kier molecular flexibility index (Phi) is 6.67. The van der Waals surface area contributed by atoms with E-state index in [-0.39, 0.29) is 31.6 Å². The minimum Gasteiger partial charge on any atom is -0.481 e. The number of rotatable bonds is 7. The van der Waals surface area contributed by atoms with Crippen molar-refractivity contribution in [2.75, 3.05) is 32.8 Å². The van der Waals surface area contributed by atoms with Crippen LogP contribution in [-0.2, 0) is 14.3 Å². The van der Waals surface area contributed by atoms with Gasteiger partial charge in [0, 0.05) is 13.1 Å². The number of hydrogen-bond acceptors (Lipinski definition) is 4. The standard InChI is InChI=1S/C12H22N2O4/c1-2-14(8-5-12(16)17)11(15)9-18-10-3-6-13-7-4-10/h10,13H,2-9H2,1H3,(H,16,17). The van der Waals surface area contributed by atoms with Crippen molar-refractivity contribution in [3.63, 3.8) is 0 Å². The molecule has 6 nitrogen and oxygen atoms in total. The van der Waals surface area contributed by atoms with Crippen LogP contribution >= 0.6 is 0 Å². The molecule has 0 spiro atoms. The Balaban J connectivity index is 2.25. The van der Waals surface area contributed by atoms with Crippen molar-refractivity contribution >= 4 is 11.9 Å². The van der Waals surface area contributed by atoms with Gasteiger partial charge in [0.05, 0.1) is 12.5 Å². The van der Waals surface area contributed by atoms with Crippen molar-refractivity contribution < 1.29 is 19.4 Å². The highest BCUT2D eigenvalue weighted by molar-refractivity contribution is 5.78. The Hall–Kier alpha value is -1.14. The number of carbonyl (C=O) groups is 2. The Morgan fingerprint density at radius 2 is 2.06 bits per heavy atom. The smallest absolute Gasteiger partial charge is 0.305 e. The highest BCUT2D eigenvalue weighted by Gasteiger charge is 2.17. The number of ether oxygens (including phenoxy) is 1. The minimum atomic E-state index is -0.888. The third-order valence-corrected chi connectivity index (χ3v) is 3.06. The summed E-state index contributed by atoms with van der Waals surface area (Å²) in [5, 5.41) is 11.8. The number of likely N-dealkylation sites (N-methyl/N-ethyl adjacent to an activating group) is 1. The number of carbonyl (C=O) groups excluding carboxylic acids is 1. The van der Waals surface area contributed by atoms with Gasteiger partial charge in [-0.1, -0.05) is 0 Å². The van der Waals surface area contributed by atoms with E-state index in [1.165, 1.54) is 4.90 Å². The molecule has 0 aromatic rings. The molecule has 2 N–H and O–H groups in total. The molecule has 1 amide bonds. The zero-order chi connectivity index (χ0) is 13.4. The summed E-state index contributed by atoms with van der Waals surface area (Å²) in [4.78, 5) is 23.8. The Labute approximate surface area is 107 Å². The average molecular weight is 258 g/mol. The van der Waals surface area contributed by atoms with Crippen molar-refractivity contribution in [1.82, 2.24) is 10.2 Å². The Morgan fingerprint density at radius 3 is 2.61 bits per heavy atom. The first-order chi connectivity index (χ1) is 8.63. The normalized spacial score (nSPS) is 16.5. The highest BCUT2D eigenvalue weighted by Crippen LogP contribution is 2.07. The summed E-state index contributed by atoms with van der Waals surface area (Å²) in [6, 6.07) is 0. The fourth-order valence-electron chi connectivity index (χ4n) is 1.93. The number of amides is 1. The van der Waals surface area contributed by atoms with Gasteiger partial charge in [0.1, 0.15) is 6.61 Å². The molecule has 1 saturated heterocycles. The lowest BCUT2D eigenvalue weighted by atomic mass is 10.1. The molecule has 0 saturated carbocycles. The van der Waals surface area contributed by atoms with Crippen LogP contribution in [0.2, 0.25) is 0 Å². The molecule has 0 unspecified atom stereocenters. The summed E-state index contributed by atoms with van der Waals surface area (Å²) in [5.41, 5.74) is 0. The zero-order valence-electron chi connectivity index (χ0n) is 10.9. The maximum Gasteiger partial charge on any atom is 0.305 e. The quantitative estimate of drug-likeness (QED) is 0.676. The van der Waals surface area contributed by atoms with Gasteiger partial charge in [-0.15, -0.1) is 0 Å². The highest BCUT2D eigenvalue weighted by atomic mass is 16.5. The van der Waals surface area contributed by atoms with Gasteiger partial charge in [0.2, 0.25) is 5.91 Å². The summed E-state index contributed by atoms with van der Waals surface area (Å²) in [6.07, 6.45) is 1.98. The van der Waals surface area contributed by atoms with Gasteiger partial charge >= 0.3 is 5.97 Å². The van der Waals surface area contributed by atoms with E-state index in [0.29, 0.717) is 6.54 Å². The fraction of sp³-hybridized carbons (Fsp3) is 0.833. The number of aliphatic carboxylic acids is 1. The van der Waals surface area contributed by atoms with Crippen LogP contribution in [-0.4, -0.2) is 60.8 Å². The van der Waals surface area contributed by atoms with E-state index in [4.69, 9.17) is 9.84 Å². The van der Waals surface area contributed by atoms with E-state index in [1.54, 1.807) is 0 Å². The first-order valence-corrected chi connectivity index (χ1v) is 6.45. The van der Waals surface area contributed by atoms with Crippen molar-refractivity contribution in [1.29, 1.82) is 0 Å². The molecule has 1 aliphatic rings. The van der Waals surface area contributed by atoms with Gasteiger partial charge in [-0.3, -0.25) is 9.59 Å². The molecule has 0 aromatic carbocycles. The second-order valence-corrected chi connectivity index (χ2v) is 4.38. The molecule has 18 heavy (non-hydrogen) atoms. The molecule has 1 fully saturated rings. The van der Waals surface area contributed by atoms with Crippen LogP contribution in [0, 0.1) is 0 Å². The number of nitrogens with zero attached hydrogens (tertiary/aromatic N) is 1. The third kappa shape index (κ3) is 5.46. The number of piperidine rings is 1. The van der Waals surface area contributed by atoms with Crippen LogP contribution in [0.3, 0.4) is 0 Å². The second kappa shape index (κ2) is 8.05. The van der Waals surface area contributed by atoms with Crippen LogP contribution in [0.1, 0.15) is 26.2 Å². The van der Waals surface area contributed by atoms with Gasteiger partial charge in [-0.2, -0.15) is 0 Å². The summed E-state index contributed by atoms with van der Waals surface area (Å²) < 4.78 is 5.56. The monoisotopic (exact) mass is 258 g/mol. The van der Waals surface area contributed by atoms with Crippen LogP contribution in [0.5, 0.6) is 0 Å². The van der Waals surface area contributed by atoms with Gasteiger partial charge in [-0.05, 0) is 32.9 Å². The molecule has 6 heteroatoms. The Bertz CT molecular complexity index is 277. The predicted molar refractivity (Wildman–Crippen MR) is 66.4 cm³/mol. The first-order valence-electron chi connectivity index (χ1n) is 6.45. The first kappa shape index (κ1) is 14.9. The van der Waals surface area contributed by atoms with E-state index < -0.39 is 5.97 Å². The maximum absolute atomic E-state index is 11.8. The number of hydrogen-bond donors (Lipinski definition) is 2. The van der Waals surface area contributed by atoms with Gasteiger partial charge in [0.15, 0.2) is 0 Å².